The van der Waals surface area contributed by atoms with Crippen LogP contribution in [0.3, 0.4) is 0 Å². The number of nitrogens with zero attached hydrogens (tertiary/aromatic N) is 4. The van der Waals surface area contributed by atoms with E-state index in [-0.39, 0.29) is 11.9 Å². The molecule has 0 aliphatic carbocycles. The fourth-order valence-electron chi connectivity index (χ4n) is 2.97. The van der Waals surface area contributed by atoms with Crippen molar-refractivity contribution in [2.45, 2.75) is 25.9 Å². The maximum atomic E-state index is 12.9. The summed E-state index contributed by atoms with van der Waals surface area (Å²) in [6, 6.07) is 1.52. The lowest BCUT2D eigenvalue weighted by Gasteiger charge is -2.30. The first-order valence-electron chi connectivity index (χ1n) is 7.81. The first kappa shape index (κ1) is 16.3. The van der Waals surface area contributed by atoms with Crippen LogP contribution in [0.5, 0.6) is 11.6 Å². The predicted octanol–water partition coefficient (Wildman–Crippen LogP) is 1.37. The number of amides is 1. The SMILES string of the molecule is CCn1ncc2c1C(N)CCN2C(=O)c1cnc(OC)c(OC)c1. The number of methoxy groups -OCH3 is 2. The van der Waals surface area contributed by atoms with E-state index in [9.17, 15) is 4.79 Å². The van der Waals surface area contributed by atoms with E-state index in [0.717, 1.165) is 11.4 Å². The van der Waals surface area contributed by atoms with Crippen LogP contribution in [0, 0.1) is 0 Å². The van der Waals surface area contributed by atoms with Gasteiger partial charge < -0.3 is 20.1 Å². The lowest BCUT2D eigenvalue weighted by atomic mass is 10.0. The lowest BCUT2D eigenvalue weighted by Crippen LogP contribution is -2.38. The van der Waals surface area contributed by atoms with Crippen molar-refractivity contribution in [2.24, 2.45) is 5.73 Å². The number of fused-ring (bicyclic) bond motifs is 1. The molecule has 0 aromatic carbocycles. The molecule has 1 atom stereocenters. The molecule has 2 aromatic heterocycles. The number of carbonyl (C=O) groups is 1. The van der Waals surface area contributed by atoms with Gasteiger partial charge in [0, 0.05) is 25.4 Å². The summed E-state index contributed by atoms with van der Waals surface area (Å²) in [6.07, 6.45) is 3.87. The van der Waals surface area contributed by atoms with Crippen LogP contribution in [0.25, 0.3) is 0 Å². The Hall–Kier alpha value is -2.61. The van der Waals surface area contributed by atoms with Gasteiger partial charge in [-0.2, -0.15) is 5.10 Å². The molecule has 1 aliphatic rings. The number of hydrogen-bond donors (Lipinski definition) is 1. The van der Waals surface area contributed by atoms with Gasteiger partial charge in [0.1, 0.15) is 0 Å². The summed E-state index contributed by atoms with van der Waals surface area (Å²) >= 11 is 0. The number of pyridine rings is 1. The third kappa shape index (κ3) is 2.58. The van der Waals surface area contributed by atoms with E-state index in [2.05, 4.69) is 10.1 Å². The lowest BCUT2D eigenvalue weighted by molar-refractivity contribution is 0.0983. The first-order valence-corrected chi connectivity index (χ1v) is 7.81. The van der Waals surface area contributed by atoms with Gasteiger partial charge in [0.2, 0.25) is 0 Å². The molecular formula is C16H21N5O3. The summed E-state index contributed by atoms with van der Waals surface area (Å²) in [5.74, 6) is 0.600. The van der Waals surface area contributed by atoms with Gasteiger partial charge in [-0.25, -0.2) is 4.98 Å². The van der Waals surface area contributed by atoms with Gasteiger partial charge in [0.05, 0.1) is 43.4 Å². The predicted molar refractivity (Wildman–Crippen MR) is 88.5 cm³/mol. The van der Waals surface area contributed by atoms with Crippen LogP contribution in [0.4, 0.5) is 5.69 Å². The van der Waals surface area contributed by atoms with Crippen molar-refractivity contribution in [1.82, 2.24) is 14.8 Å². The van der Waals surface area contributed by atoms with E-state index in [1.165, 1.54) is 20.4 Å². The van der Waals surface area contributed by atoms with Crippen molar-refractivity contribution in [3.05, 3.63) is 29.7 Å². The Morgan fingerprint density at radius 1 is 1.38 bits per heavy atom. The molecule has 8 heteroatoms. The van der Waals surface area contributed by atoms with Crippen molar-refractivity contribution in [3.8, 4) is 11.6 Å². The summed E-state index contributed by atoms with van der Waals surface area (Å²) in [5.41, 5.74) is 8.29. The molecule has 0 saturated carbocycles. The number of nitrogens with two attached hydrogens (primary N) is 1. The Morgan fingerprint density at radius 3 is 2.83 bits per heavy atom. The maximum Gasteiger partial charge on any atom is 0.260 e. The standard InChI is InChI=1S/C16H21N5O3/c1-4-21-14-11(17)5-6-20(12(14)9-19-21)16(22)10-7-13(23-2)15(24-3)18-8-10/h7-9,11H,4-6,17H2,1-3H3. The van der Waals surface area contributed by atoms with E-state index in [4.69, 9.17) is 15.2 Å². The maximum absolute atomic E-state index is 12.9. The van der Waals surface area contributed by atoms with Crippen molar-refractivity contribution >= 4 is 11.6 Å². The first-order chi connectivity index (χ1) is 11.6. The Balaban J connectivity index is 1.97. The highest BCUT2D eigenvalue weighted by molar-refractivity contribution is 6.06. The highest BCUT2D eigenvalue weighted by atomic mass is 16.5. The second-order valence-corrected chi connectivity index (χ2v) is 5.52. The molecule has 0 radical (unpaired) electrons. The van der Waals surface area contributed by atoms with Crippen LogP contribution >= 0.6 is 0 Å². The number of anilines is 1. The quantitative estimate of drug-likeness (QED) is 0.909. The van der Waals surface area contributed by atoms with E-state index < -0.39 is 0 Å². The molecule has 24 heavy (non-hydrogen) atoms. The summed E-state index contributed by atoms with van der Waals surface area (Å²) in [7, 11) is 3.01. The highest BCUT2D eigenvalue weighted by Crippen LogP contribution is 2.34. The molecule has 2 aromatic rings. The van der Waals surface area contributed by atoms with E-state index in [1.54, 1.807) is 17.2 Å². The summed E-state index contributed by atoms with van der Waals surface area (Å²) in [4.78, 5) is 18.8. The average molecular weight is 331 g/mol. The summed E-state index contributed by atoms with van der Waals surface area (Å²) in [5, 5.41) is 4.34. The molecule has 0 saturated heterocycles. The van der Waals surface area contributed by atoms with Gasteiger partial charge in [-0.15, -0.1) is 0 Å². The van der Waals surface area contributed by atoms with Crippen molar-refractivity contribution in [3.63, 3.8) is 0 Å². The van der Waals surface area contributed by atoms with Gasteiger partial charge in [0.25, 0.3) is 11.8 Å². The monoisotopic (exact) mass is 331 g/mol. The molecule has 3 rings (SSSR count). The number of carbonyl (C=O) groups excluding carboxylic acids is 1. The highest BCUT2D eigenvalue weighted by Gasteiger charge is 2.31. The zero-order valence-electron chi connectivity index (χ0n) is 14.0. The van der Waals surface area contributed by atoms with Crippen LogP contribution < -0.4 is 20.1 Å². The van der Waals surface area contributed by atoms with Gasteiger partial charge in [0.15, 0.2) is 5.75 Å². The minimum atomic E-state index is -0.160. The molecule has 8 nitrogen and oxygen atoms in total. The number of hydrogen-bond acceptors (Lipinski definition) is 6. The Bertz CT molecular complexity index is 758. The number of aromatic nitrogens is 3. The van der Waals surface area contributed by atoms with Crippen molar-refractivity contribution < 1.29 is 14.3 Å². The van der Waals surface area contributed by atoms with E-state index in [1.807, 2.05) is 11.6 Å². The fraction of sp³-hybridized carbons (Fsp3) is 0.438. The van der Waals surface area contributed by atoms with E-state index in [0.29, 0.717) is 36.7 Å². The smallest absolute Gasteiger partial charge is 0.260 e. The molecule has 1 amide bonds. The third-order valence-electron chi connectivity index (χ3n) is 4.19. The Morgan fingerprint density at radius 2 is 2.17 bits per heavy atom. The van der Waals surface area contributed by atoms with Crippen LogP contribution in [0.1, 0.15) is 35.4 Å². The van der Waals surface area contributed by atoms with Crippen molar-refractivity contribution in [2.75, 3.05) is 25.7 Å². The van der Waals surface area contributed by atoms with Gasteiger partial charge in [-0.1, -0.05) is 0 Å². The number of rotatable bonds is 4. The number of ether oxygens (including phenoxy) is 2. The van der Waals surface area contributed by atoms with Gasteiger partial charge in [-0.05, 0) is 13.3 Å². The average Bonchev–Trinajstić information content (AvgIpc) is 3.06. The molecule has 1 aliphatic heterocycles. The molecule has 3 heterocycles. The minimum absolute atomic E-state index is 0.116. The zero-order valence-corrected chi connectivity index (χ0v) is 14.0. The normalized spacial score (nSPS) is 16.7. The second kappa shape index (κ2) is 6.48. The summed E-state index contributed by atoms with van der Waals surface area (Å²) < 4.78 is 12.2. The largest absolute Gasteiger partial charge is 0.491 e. The van der Waals surface area contributed by atoms with Crippen molar-refractivity contribution in [1.29, 1.82) is 0 Å². The van der Waals surface area contributed by atoms with Crippen LogP contribution in [0.2, 0.25) is 0 Å². The van der Waals surface area contributed by atoms with Crippen LogP contribution in [-0.4, -0.2) is 41.4 Å². The number of aryl methyl sites for hydroxylation is 1. The third-order valence-corrected chi connectivity index (χ3v) is 4.19. The van der Waals surface area contributed by atoms with Gasteiger partial charge in [-0.3, -0.25) is 9.48 Å². The molecular weight excluding hydrogens is 310 g/mol. The Labute approximate surface area is 140 Å². The van der Waals surface area contributed by atoms with Crippen LogP contribution in [0.15, 0.2) is 18.5 Å². The molecule has 0 bridgehead atoms. The topological polar surface area (TPSA) is 95.5 Å². The molecule has 128 valence electrons. The van der Waals surface area contributed by atoms with Gasteiger partial charge >= 0.3 is 0 Å². The fourth-order valence-corrected chi connectivity index (χ4v) is 2.97. The minimum Gasteiger partial charge on any atom is -0.491 e. The Kier molecular flexibility index (Phi) is 4.39. The van der Waals surface area contributed by atoms with E-state index >= 15 is 0 Å². The molecule has 0 fully saturated rings. The zero-order chi connectivity index (χ0) is 17.3. The molecule has 0 spiro atoms. The van der Waals surface area contributed by atoms with Crippen LogP contribution in [-0.2, 0) is 6.54 Å². The molecule has 1 unspecified atom stereocenters. The summed E-state index contributed by atoms with van der Waals surface area (Å²) in [6.45, 7) is 3.25. The molecule has 2 N–H and O–H groups in total. The second-order valence-electron chi connectivity index (χ2n) is 5.52.